The van der Waals surface area contributed by atoms with Crippen LogP contribution >= 0.6 is 0 Å². The summed E-state index contributed by atoms with van der Waals surface area (Å²) in [6.07, 6.45) is 4.14. The predicted octanol–water partition coefficient (Wildman–Crippen LogP) is 3.57. The van der Waals surface area contributed by atoms with E-state index in [4.69, 9.17) is 14.2 Å². The van der Waals surface area contributed by atoms with Gasteiger partial charge in [-0.25, -0.2) is 4.79 Å². The molecule has 2 aliphatic rings. The Morgan fingerprint density at radius 2 is 2.00 bits per heavy atom. The smallest absolute Gasteiger partial charge is 0.412 e. The Labute approximate surface area is 134 Å². The van der Waals surface area contributed by atoms with Crippen molar-refractivity contribution in [1.29, 1.82) is 0 Å². The highest BCUT2D eigenvalue weighted by Crippen LogP contribution is 2.33. The van der Waals surface area contributed by atoms with Crippen molar-refractivity contribution in [2.24, 2.45) is 5.92 Å². The van der Waals surface area contributed by atoms with E-state index >= 15 is 0 Å². The largest absolute Gasteiger partial charge is 0.444 e. The SMILES string of the molecule is CC(C)(C)OC(=O)N1C(C[C@H]2CCCCOC2)COC1(C)C. The molecule has 0 radical (unpaired) electrons. The van der Waals surface area contributed by atoms with Crippen LogP contribution in [0.25, 0.3) is 0 Å². The molecule has 1 unspecified atom stereocenters. The van der Waals surface area contributed by atoms with Gasteiger partial charge in [0.05, 0.1) is 12.6 Å². The van der Waals surface area contributed by atoms with Crippen molar-refractivity contribution in [3.63, 3.8) is 0 Å². The zero-order valence-electron chi connectivity index (χ0n) is 14.7. The fraction of sp³-hybridized carbons (Fsp3) is 0.941. The minimum absolute atomic E-state index is 0.0662. The van der Waals surface area contributed by atoms with E-state index in [9.17, 15) is 4.79 Å². The third kappa shape index (κ3) is 4.59. The molecule has 128 valence electrons. The highest BCUT2D eigenvalue weighted by Gasteiger charge is 2.46. The van der Waals surface area contributed by atoms with Gasteiger partial charge in [0.2, 0.25) is 0 Å². The number of carbonyl (C=O) groups excluding carboxylic acids is 1. The maximum atomic E-state index is 12.6. The molecule has 2 heterocycles. The summed E-state index contributed by atoms with van der Waals surface area (Å²) in [5.41, 5.74) is -1.11. The van der Waals surface area contributed by atoms with Gasteiger partial charge in [-0.1, -0.05) is 6.42 Å². The Kier molecular flexibility index (Phi) is 5.38. The third-order valence-corrected chi connectivity index (χ3v) is 4.27. The molecule has 5 nitrogen and oxygen atoms in total. The highest BCUT2D eigenvalue weighted by atomic mass is 16.6. The predicted molar refractivity (Wildman–Crippen MR) is 84.7 cm³/mol. The molecule has 1 amide bonds. The van der Waals surface area contributed by atoms with Crippen LogP contribution in [0.2, 0.25) is 0 Å². The first-order valence-electron chi connectivity index (χ1n) is 8.43. The molecule has 2 saturated heterocycles. The van der Waals surface area contributed by atoms with Crippen molar-refractivity contribution < 1.29 is 19.0 Å². The maximum absolute atomic E-state index is 12.6. The molecule has 0 saturated carbocycles. The number of rotatable bonds is 2. The fourth-order valence-corrected chi connectivity index (χ4v) is 3.28. The fourth-order valence-electron chi connectivity index (χ4n) is 3.28. The second-order valence-corrected chi connectivity index (χ2v) is 7.93. The molecule has 2 rings (SSSR count). The summed E-state index contributed by atoms with van der Waals surface area (Å²) in [6, 6.07) is 0.0662. The first-order chi connectivity index (χ1) is 10.2. The minimum atomic E-state index is -0.613. The Morgan fingerprint density at radius 3 is 2.68 bits per heavy atom. The van der Waals surface area contributed by atoms with Crippen molar-refractivity contribution >= 4 is 6.09 Å². The van der Waals surface area contributed by atoms with Gasteiger partial charge in [-0.05, 0) is 59.8 Å². The van der Waals surface area contributed by atoms with E-state index in [1.807, 2.05) is 34.6 Å². The summed E-state index contributed by atoms with van der Waals surface area (Å²) in [4.78, 5) is 14.4. The average Bonchev–Trinajstić information content (AvgIpc) is 2.55. The molecule has 0 N–H and O–H groups in total. The lowest BCUT2D eigenvalue weighted by atomic mass is 9.95. The number of hydrogen-bond donors (Lipinski definition) is 0. The average molecular weight is 313 g/mol. The van der Waals surface area contributed by atoms with Gasteiger partial charge >= 0.3 is 6.09 Å². The molecule has 0 aromatic rings. The zero-order chi connectivity index (χ0) is 16.4. The minimum Gasteiger partial charge on any atom is -0.444 e. The Balaban J connectivity index is 2.03. The van der Waals surface area contributed by atoms with Gasteiger partial charge in [-0.2, -0.15) is 0 Å². The van der Waals surface area contributed by atoms with E-state index in [0.717, 1.165) is 26.1 Å². The normalized spacial score (nSPS) is 29.2. The monoisotopic (exact) mass is 313 g/mol. The van der Waals surface area contributed by atoms with Crippen LogP contribution in [-0.4, -0.2) is 48.2 Å². The standard InChI is InChI=1S/C17H31NO4/c1-16(2,3)22-15(19)18-14(12-21-17(18,4)5)10-13-8-6-7-9-20-11-13/h13-14H,6-12H2,1-5H3/t13-,14?/m1/s1. The van der Waals surface area contributed by atoms with Gasteiger partial charge in [0, 0.05) is 13.2 Å². The van der Waals surface area contributed by atoms with Crippen LogP contribution < -0.4 is 0 Å². The van der Waals surface area contributed by atoms with Gasteiger partial charge in [0.15, 0.2) is 0 Å². The second-order valence-electron chi connectivity index (χ2n) is 7.93. The first kappa shape index (κ1) is 17.5. The second kappa shape index (κ2) is 6.75. The molecular weight excluding hydrogens is 282 g/mol. The number of amides is 1. The number of nitrogens with zero attached hydrogens (tertiary/aromatic N) is 1. The topological polar surface area (TPSA) is 48.0 Å². The Bertz CT molecular complexity index is 381. The van der Waals surface area contributed by atoms with Gasteiger partial charge in [0.1, 0.15) is 11.3 Å². The van der Waals surface area contributed by atoms with Crippen molar-refractivity contribution in [2.45, 2.75) is 77.7 Å². The van der Waals surface area contributed by atoms with E-state index in [0.29, 0.717) is 12.5 Å². The van der Waals surface area contributed by atoms with Gasteiger partial charge in [-0.15, -0.1) is 0 Å². The van der Waals surface area contributed by atoms with Crippen molar-refractivity contribution in [1.82, 2.24) is 4.90 Å². The summed E-state index contributed by atoms with van der Waals surface area (Å²) < 4.78 is 17.1. The molecule has 22 heavy (non-hydrogen) atoms. The lowest BCUT2D eigenvalue weighted by molar-refractivity contribution is -0.0634. The van der Waals surface area contributed by atoms with Crippen molar-refractivity contribution in [3.05, 3.63) is 0 Å². The van der Waals surface area contributed by atoms with Gasteiger partial charge < -0.3 is 14.2 Å². The highest BCUT2D eigenvalue weighted by molar-refractivity contribution is 5.69. The summed E-state index contributed by atoms with van der Waals surface area (Å²) >= 11 is 0. The summed E-state index contributed by atoms with van der Waals surface area (Å²) in [5, 5.41) is 0. The molecule has 0 bridgehead atoms. The summed E-state index contributed by atoms with van der Waals surface area (Å²) in [5.74, 6) is 0.495. The number of ether oxygens (including phenoxy) is 3. The van der Waals surface area contributed by atoms with Crippen LogP contribution in [0.3, 0.4) is 0 Å². The van der Waals surface area contributed by atoms with E-state index in [2.05, 4.69) is 0 Å². The van der Waals surface area contributed by atoms with Crippen LogP contribution in [0.15, 0.2) is 0 Å². The maximum Gasteiger partial charge on any atom is 0.412 e. The van der Waals surface area contributed by atoms with E-state index in [-0.39, 0.29) is 12.1 Å². The van der Waals surface area contributed by atoms with E-state index in [1.165, 1.54) is 12.8 Å². The van der Waals surface area contributed by atoms with Crippen LogP contribution in [0.4, 0.5) is 4.79 Å². The molecule has 0 aliphatic carbocycles. The summed E-state index contributed by atoms with van der Waals surface area (Å²) in [7, 11) is 0. The number of carbonyl (C=O) groups is 1. The van der Waals surface area contributed by atoms with E-state index < -0.39 is 11.3 Å². The first-order valence-corrected chi connectivity index (χ1v) is 8.43. The Hall–Kier alpha value is -0.810. The number of hydrogen-bond acceptors (Lipinski definition) is 4. The van der Waals surface area contributed by atoms with Crippen LogP contribution in [-0.2, 0) is 14.2 Å². The zero-order valence-corrected chi connectivity index (χ0v) is 14.7. The van der Waals surface area contributed by atoms with Crippen LogP contribution in [0.1, 0.15) is 60.3 Å². The van der Waals surface area contributed by atoms with Crippen molar-refractivity contribution in [2.75, 3.05) is 19.8 Å². The van der Waals surface area contributed by atoms with Gasteiger partial charge in [-0.3, -0.25) is 4.90 Å². The lowest BCUT2D eigenvalue weighted by Gasteiger charge is -2.36. The molecule has 0 spiro atoms. The lowest BCUT2D eigenvalue weighted by Crippen LogP contribution is -2.50. The van der Waals surface area contributed by atoms with Crippen molar-refractivity contribution in [3.8, 4) is 0 Å². The molecule has 2 fully saturated rings. The quantitative estimate of drug-likeness (QED) is 0.782. The molecule has 2 atom stereocenters. The molecular formula is C17H31NO4. The molecule has 0 aromatic heterocycles. The molecule has 5 heteroatoms. The van der Waals surface area contributed by atoms with Crippen LogP contribution in [0.5, 0.6) is 0 Å². The van der Waals surface area contributed by atoms with E-state index in [1.54, 1.807) is 4.90 Å². The molecule has 2 aliphatic heterocycles. The van der Waals surface area contributed by atoms with Gasteiger partial charge in [0.25, 0.3) is 0 Å². The summed E-state index contributed by atoms with van der Waals surface area (Å²) in [6.45, 7) is 11.8. The molecule has 0 aromatic carbocycles. The Morgan fingerprint density at radius 1 is 1.27 bits per heavy atom. The third-order valence-electron chi connectivity index (χ3n) is 4.27. The van der Waals surface area contributed by atoms with Crippen LogP contribution in [0, 0.1) is 5.92 Å².